The Balaban J connectivity index is 1.47. The van der Waals surface area contributed by atoms with E-state index in [2.05, 4.69) is 18.2 Å². The molecular weight excluding hydrogens is 338 g/mol. The van der Waals surface area contributed by atoms with Crippen LogP contribution in [0.15, 0.2) is 54.6 Å². The van der Waals surface area contributed by atoms with E-state index in [1.807, 2.05) is 23.1 Å². The molecule has 2 heterocycles. The SMILES string of the molecule is CC(=O)c1ccc(C(=O)N2CCC[C@@]3(C=Cc4ccccc4O3)CC2)cc1. The number of benzene rings is 2. The Kier molecular flexibility index (Phi) is 4.56. The summed E-state index contributed by atoms with van der Waals surface area (Å²) in [5.74, 6) is 0.939. The molecule has 4 nitrogen and oxygen atoms in total. The molecule has 1 amide bonds. The smallest absolute Gasteiger partial charge is 0.253 e. The average molecular weight is 361 g/mol. The molecule has 0 aromatic heterocycles. The average Bonchev–Trinajstić information content (AvgIpc) is 2.90. The lowest BCUT2D eigenvalue weighted by atomic mass is 9.91. The van der Waals surface area contributed by atoms with Gasteiger partial charge < -0.3 is 9.64 Å². The zero-order valence-electron chi connectivity index (χ0n) is 15.5. The maximum Gasteiger partial charge on any atom is 0.253 e. The highest BCUT2D eigenvalue weighted by Gasteiger charge is 2.35. The lowest BCUT2D eigenvalue weighted by Crippen LogP contribution is -2.38. The number of carbonyl (C=O) groups excluding carboxylic acids is 2. The van der Waals surface area contributed by atoms with Crippen LogP contribution >= 0.6 is 0 Å². The number of ketones is 1. The molecule has 138 valence electrons. The van der Waals surface area contributed by atoms with Crippen LogP contribution in [0.25, 0.3) is 6.08 Å². The zero-order chi connectivity index (χ0) is 18.9. The van der Waals surface area contributed by atoms with Crippen LogP contribution in [0.1, 0.15) is 52.5 Å². The first-order valence-electron chi connectivity index (χ1n) is 9.44. The normalized spacial score (nSPS) is 21.3. The van der Waals surface area contributed by atoms with Gasteiger partial charge in [-0.1, -0.05) is 36.4 Å². The molecule has 1 fully saturated rings. The van der Waals surface area contributed by atoms with Crippen LogP contribution in [0.5, 0.6) is 5.75 Å². The lowest BCUT2D eigenvalue weighted by Gasteiger charge is -2.34. The predicted octanol–water partition coefficient (Wildman–Crippen LogP) is 4.36. The van der Waals surface area contributed by atoms with Gasteiger partial charge in [0.2, 0.25) is 0 Å². The number of fused-ring (bicyclic) bond motifs is 1. The highest BCUT2D eigenvalue weighted by atomic mass is 16.5. The Morgan fingerprint density at radius 3 is 2.48 bits per heavy atom. The molecule has 0 N–H and O–H groups in total. The number of nitrogens with zero attached hydrogens (tertiary/aromatic N) is 1. The maximum absolute atomic E-state index is 12.9. The lowest BCUT2D eigenvalue weighted by molar-refractivity contribution is 0.0729. The molecule has 1 spiro atoms. The van der Waals surface area contributed by atoms with Crippen molar-refractivity contribution in [3.8, 4) is 5.75 Å². The van der Waals surface area contributed by atoms with Gasteiger partial charge in [0.1, 0.15) is 11.4 Å². The molecule has 27 heavy (non-hydrogen) atoms. The number of hydrogen-bond donors (Lipinski definition) is 0. The van der Waals surface area contributed by atoms with E-state index in [4.69, 9.17) is 4.74 Å². The monoisotopic (exact) mass is 361 g/mol. The summed E-state index contributed by atoms with van der Waals surface area (Å²) in [5.41, 5.74) is 2.02. The molecule has 4 rings (SSSR count). The molecule has 0 saturated carbocycles. The van der Waals surface area contributed by atoms with Crippen LogP contribution in [-0.4, -0.2) is 35.3 Å². The van der Waals surface area contributed by atoms with E-state index < -0.39 is 0 Å². The Bertz CT molecular complexity index is 900. The van der Waals surface area contributed by atoms with Gasteiger partial charge in [-0.25, -0.2) is 0 Å². The third kappa shape index (κ3) is 3.52. The Morgan fingerprint density at radius 1 is 0.963 bits per heavy atom. The topological polar surface area (TPSA) is 46.6 Å². The molecule has 1 saturated heterocycles. The summed E-state index contributed by atoms with van der Waals surface area (Å²) < 4.78 is 6.35. The van der Waals surface area contributed by atoms with Gasteiger partial charge in [0.15, 0.2) is 5.78 Å². The van der Waals surface area contributed by atoms with Gasteiger partial charge in [-0.05, 0) is 44.0 Å². The van der Waals surface area contributed by atoms with Crippen LogP contribution in [0.4, 0.5) is 0 Å². The van der Waals surface area contributed by atoms with Gasteiger partial charge >= 0.3 is 0 Å². The molecule has 4 heteroatoms. The number of hydrogen-bond acceptors (Lipinski definition) is 3. The summed E-state index contributed by atoms with van der Waals surface area (Å²) in [7, 11) is 0. The van der Waals surface area contributed by atoms with Crippen LogP contribution in [-0.2, 0) is 0 Å². The Hall–Kier alpha value is -2.88. The molecule has 2 aliphatic heterocycles. The summed E-state index contributed by atoms with van der Waals surface area (Å²) in [6.07, 6.45) is 6.85. The van der Waals surface area contributed by atoms with Crippen LogP contribution in [0.2, 0.25) is 0 Å². The molecule has 1 atom stereocenters. The Labute approximate surface area is 159 Å². The fraction of sp³-hybridized carbons (Fsp3) is 0.304. The summed E-state index contributed by atoms with van der Waals surface area (Å²) >= 11 is 0. The van der Waals surface area contributed by atoms with Crippen LogP contribution in [0.3, 0.4) is 0 Å². The zero-order valence-corrected chi connectivity index (χ0v) is 15.5. The number of carbonyl (C=O) groups is 2. The van der Waals surface area contributed by atoms with Crippen molar-refractivity contribution >= 4 is 17.8 Å². The van der Waals surface area contributed by atoms with Gasteiger partial charge in [0, 0.05) is 36.2 Å². The number of rotatable bonds is 2. The summed E-state index contributed by atoms with van der Waals surface area (Å²) in [4.78, 5) is 26.2. The fourth-order valence-electron chi connectivity index (χ4n) is 3.84. The first-order valence-corrected chi connectivity index (χ1v) is 9.44. The van der Waals surface area contributed by atoms with Gasteiger partial charge in [-0.3, -0.25) is 9.59 Å². The van der Waals surface area contributed by atoms with Crippen molar-refractivity contribution in [2.45, 2.75) is 31.8 Å². The second-order valence-electron chi connectivity index (χ2n) is 7.32. The molecule has 0 radical (unpaired) electrons. The van der Waals surface area contributed by atoms with E-state index in [1.165, 1.54) is 6.92 Å². The fourth-order valence-corrected chi connectivity index (χ4v) is 3.84. The van der Waals surface area contributed by atoms with E-state index in [-0.39, 0.29) is 17.3 Å². The summed E-state index contributed by atoms with van der Waals surface area (Å²) in [6, 6.07) is 15.0. The number of ether oxygens (including phenoxy) is 1. The largest absolute Gasteiger partial charge is 0.483 e. The third-order valence-electron chi connectivity index (χ3n) is 5.46. The highest BCUT2D eigenvalue weighted by Crippen LogP contribution is 2.37. The molecule has 2 aliphatic rings. The van der Waals surface area contributed by atoms with Crippen molar-refractivity contribution in [3.63, 3.8) is 0 Å². The number of Topliss-reactive ketones (excluding diaryl/α,β-unsaturated/α-hetero) is 1. The van der Waals surface area contributed by atoms with Gasteiger partial charge in [0.25, 0.3) is 5.91 Å². The maximum atomic E-state index is 12.9. The molecule has 2 aromatic carbocycles. The van der Waals surface area contributed by atoms with Crippen molar-refractivity contribution in [1.29, 1.82) is 0 Å². The van der Waals surface area contributed by atoms with Crippen molar-refractivity contribution in [2.75, 3.05) is 13.1 Å². The summed E-state index contributed by atoms with van der Waals surface area (Å²) in [6.45, 7) is 2.90. The minimum Gasteiger partial charge on any atom is -0.483 e. The molecule has 2 aromatic rings. The van der Waals surface area contributed by atoms with E-state index in [1.54, 1.807) is 24.3 Å². The minimum absolute atomic E-state index is 0.00669. The standard InChI is InChI=1S/C23H23NO3/c1-17(25)18-7-9-20(10-8-18)22(26)24-15-4-12-23(14-16-24)13-11-19-5-2-3-6-21(19)27-23/h2-3,5-11,13H,4,12,14-16H2,1H3/t23-/m1/s1. The number of para-hydroxylation sites is 1. The van der Waals surface area contributed by atoms with E-state index >= 15 is 0 Å². The number of amides is 1. The second-order valence-corrected chi connectivity index (χ2v) is 7.32. The molecule has 0 aliphatic carbocycles. The third-order valence-corrected chi connectivity index (χ3v) is 5.46. The van der Waals surface area contributed by atoms with Crippen molar-refractivity contribution < 1.29 is 14.3 Å². The van der Waals surface area contributed by atoms with Crippen molar-refractivity contribution in [2.24, 2.45) is 0 Å². The first-order chi connectivity index (χ1) is 13.1. The molecule has 0 bridgehead atoms. The van der Waals surface area contributed by atoms with Gasteiger partial charge in [-0.15, -0.1) is 0 Å². The van der Waals surface area contributed by atoms with E-state index in [9.17, 15) is 9.59 Å². The quantitative estimate of drug-likeness (QED) is 0.747. The van der Waals surface area contributed by atoms with Crippen molar-refractivity contribution in [1.82, 2.24) is 4.90 Å². The second kappa shape index (κ2) is 7.03. The molecular formula is C23H23NO3. The highest BCUT2D eigenvalue weighted by molar-refractivity contribution is 5.97. The predicted molar refractivity (Wildman–Crippen MR) is 105 cm³/mol. The van der Waals surface area contributed by atoms with Crippen LogP contribution < -0.4 is 4.74 Å². The van der Waals surface area contributed by atoms with Crippen molar-refractivity contribution in [3.05, 3.63) is 71.3 Å². The van der Waals surface area contributed by atoms with E-state index in [0.717, 1.165) is 30.6 Å². The van der Waals surface area contributed by atoms with Crippen LogP contribution in [0, 0.1) is 0 Å². The first kappa shape index (κ1) is 17.5. The van der Waals surface area contributed by atoms with Gasteiger partial charge in [0.05, 0.1) is 0 Å². The molecule has 0 unspecified atom stereocenters. The summed E-state index contributed by atoms with van der Waals surface area (Å²) in [5, 5.41) is 0. The number of likely N-dealkylation sites (tertiary alicyclic amines) is 1. The van der Waals surface area contributed by atoms with Gasteiger partial charge in [-0.2, -0.15) is 0 Å². The Morgan fingerprint density at radius 2 is 1.70 bits per heavy atom. The van der Waals surface area contributed by atoms with E-state index in [0.29, 0.717) is 24.2 Å². The minimum atomic E-state index is -0.331.